The molecule has 0 amide bonds. The zero-order chi connectivity index (χ0) is 10.8. The van der Waals surface area contributed by atoms with Gasteiger partial charge in [0.15, 0.2) is 6.29 Å². The third kappa shape index (κ3) is 1.78. The minimum Gasteiger partial charge on any atom is -0.298 e. The normalized spacial score (nSPS) is 10.3. The van der Waals surface area contributed by atoms with Crippen LogP contribution in [0.4, 0.5) is 0 Å². The molecular weight excluding hydrogens is 212 g/mol. The molecule has 0 aliphatic carbocycles. The largest absolute Gasteiger partial charge is 0.298 e. The maximum absolute atomic E-state index is 10.9. The second-order valence-corrected chi connectivity index (χ2v) is 3.66. The van der Waals surface area contributed by atoms with E-state index in [9.17, 15) is 4.79 Å². The summed E-state index contributed by atoms with van der Waals surface area (Å²) in [6, 6.07) is 5.29. The number of rotatable bonds is 2. The summed E-state index contributed by atoms with van der Waals surface area (Å²) in [4.78, 5) is 10.9. The standard InChI is InChI=1S/C11H9ClN2O/c1-8-5-13-14(6-8)11-4-2-3-10(12)9(11)7-15/h2-7H,1H3. The lowest BCUT2D eigenvalue weighted by Gasteiger charge is -2.05. The van der Waals surface area contributed by atoms with Gasteiger partial charge in [-0.05, 0) is 24.6 Å². The molecule has 0 aliphatic heterocycles. The van der Waals surface area contributed by atoms with Crippen molar-refractivity contribution in [3.63, 3.8) is 0 Å². The maximum Gasteiger partial charge on any atom is 0.153 e. The molecule has 0 unspecified atom stereocenters. The van der Waals surface area contributed by atoms with Crippen molar-refractivity contribution in [3.8, 4) is 5.69 Å². The van der Waals surface area contributed by atoms with Gasteiger partial charge in [0.25, 0.3) is 0 Å². The van der Waals surface area contributed by atoms with E-state index in [2.05, 4.69) is 5.10 Å². The predicted molar refractivity (Wildman–Crippen MR) is 58.7 cm³/mol. The zero-order valence-corrected chi connectivity index (χ0v) is 8.90. The molecule has 0 radical (unpaired) electrons. The third-order valence-electron chi connectivity index (χ3n) is 2.11. The summed E-state index contributed by atoms with van der Waals surface area (Å²) in [5.41, 5.74) is 2.19. The molecule has 2 aromatic rings. The van der Waals surface area contributed by atoms with E-state index in [0.29, 0.717) is 16.3 Å². The van der Waals surface area contributed by atoms with Gasteiger partial charge in [-0.3, -0.25) is 4.79 Å². The zero-order valence-electron chi connectivity index (χ0n) is 8.14. The number of aryl methyl sites for hydroxylation is 1. The summed E-state index contributed by atoms with van der Waals surface area (Å²) in [6.07, 6.45) is 4.32. The van der Waals surface area contributed by atoms with Crippen LogP contribution in [0.5, 0.6) is 0 Å². The van der Waals surface area contributed by atoms with Crippen molar-refractivity contribution in [3.05, 3.63) is 46.7 Å². The molecule has 1 heterocycles. The number of hydrogen-bond acceptors (Lipinski definition) is 2. The second-order valence-electron chi connectivity index (χ2n) is 3.25. The number of benzene rings is 1. The van der Waals surface area contributed by atoms with Crippen molar-refractivity contribution in [2.24, 2.45) is 0 Å². The fraction of sp³-hybridized carbons (Fsp3) is 0.0909. The number of hydrogen-bond donors (Lipinski definition) is 0. The second kappa shape index (κ2) is 3.87. The maximum atomic E-state index is 10.9. The first-order valence-corrected chi connectivity index (χ1v) is 4.85. The van der Waals surface area contributed by atoms with Crippen LogP contribution in [-0.2, 0) is 0 Å². The van der Waals surface area contributed by atoms with Gasteiger partial charge in [0.1, 0.15) is 0 Å². The smallest absolute Gasteiger partial charge is 0.153 e. The third-order valence-corrected chi connectivity index (χ3v) is 2.44. The fourth-order valence-corrected chi connectivity index (χ4v) is 1.60. The molecule has 0 N–H and O–H groups in total. The highest BCUT2D eigenvalue weighted by Crippen LogP contribution is 2.21. The van der Waals surface area contributed by atoms with E-state index in [4.69, 9.17) is 11.6 Å². The Labute approximate surface area is 92.3 Å². The van der Waals surface area contributed by atoms with Crippen LogP contribution in [0.2, 0.25) is 5.02 Å². The summed E-state index contributed by atoms with van der Waals surface area (Å²) in [6.45, 7) is 1.94. The Balaban J connectivity index is 2.62. The lowest BCUT2D eigenvalue weighted by Crippen LogP contribution is -1.99. The lowest BCUT2D eigenvalue weighted by molar-refractivity contribution is 0.112. The molecule has 0 aliphatic rings. The van der Waals surface area contributed by atoms with Gasteiger partial charge in [0, 0.05) is 6.20 Å². The van der Waals surface area contributed by atoms with Gasteiger partial charge < -0.3 is 0 Å². The molecular formula is C11H9ClN2O. The fourth-order valence-electron chi connectivity index (χ4n) is 1.39. The highest BCUT2D eigenvalue weighted by molar-refractivity contribution is 6.33. The van der Waals surface area contributed by atoms with E-state index < -0.39 is 0 Å². The van der Waals surface area contributed by atoms with Crippen LogP contribution >= 0.6 is 11.6 Å². The SMILES string of the molecule is Cc1cnn(-c2cccc(Cl)c2C=O)c1. The van der Waals surface area contributed by atoms with Gasteiger partial charge in [0.2, 0.25) is 0 Å². The Hall–Kier alpha value is -1.61. The van der Waals surface area contributed by atoms with E-state index in [1.165, 1.54) is 0 Å². The summed E-state index contributed by atoms with van der Waals surface area (Å²) >= 11 is 5.91. The quantitative estimate of drug-likeness (QED) is 0.730. The van der Waals surface area contributed by atoms with Gasteiger partial charge >= 0.3 is 0 Å². The van der Waals surface area contributed by atoms with E-state index in [-0.39, 0.29) is 0 Å². The molecule has 2 rings (SSSR count). The molecule has 0 saturated carbocycles. The van der Waals surface area contributed by atoms with E-state index in [1.807, 2.05) is 19.2 Å². The number of carbonyl (C=O) groups excluding carboxylic acids is 1. The summed E-state index contributed by atoms with van der Waals surface area (Å²) in [5.74, 6) is 0. The summed E-state index contributed by atoms with van der Waals surface area (Å²) in [5, 5.41) is 4.58. The minimum atomic E-state index is 0.440. The van der Waals surface area contributed by atoms with Crippen LogP contribution in [-0.4, -0.2) is 16.1 Å². The molecule has 1 aromatic heterocycles. The van der Waals surface area contributed by atoms with Crippen molar-refractivity contribution in [1.29, 1.82) is 0 Å². The van der Waals surface area contributed by atoms with Crippen molar-refractivity contribution >= 4 is 17.9 Å². The van der Waals surface area contributed by atoms with Crippen molar-refractivity contribution in [2.45, 2.75) is 6.92 Å². The van der Waals surface area contributed by atoms with Crippen LogP contribution in [0, 0.1) is 6.92 Å². The summed E-state index contributed by atoms with van der Waals surface area (Å²) < 4.78 is 1.64. The molecule has 4 heteroatoms. The average molecular weight is 221 g/mol. The molecule has 0 bridgehead atoms. The molecule has 76 valence electrons. The lowest BCUT2D eigenvalue weighted by atomic mass is 10.2. The van der Waals surface area contributed by atoms with Gasteiger partial charge in [-0.1, -0.05) is 17.7 Å². The highest BCUT2D eigenvalue weighted by atomic mass is 35.5. The number of aldehydes is 1. The molecule has 0 spiro atoms. The van der Waals surface area contributed by atoms with E-state index >= 15 is 0 Å². The molecule has 3 nitrogen and oxygen atoms in total. The Morgan fingerprint density at radius 2 is 2.27 bits per heavy atom. The van der Waals surface area contributed by atoms with E-state index in [0.717, 1.165) is 11.8 Å². The van der Waals surface area contributed by atoms with Gasteiger partial charge in [-0.2, -0.15) is 5.10 Å². The molecule has 1 aromatic carbocycles. The van der Waals surface area contributed by atoms with Gasteiger partial charge in [-0.25, -0.2) is 4.68 Å². The number of nitrogens with zero attached hydrogens (tertiary/aromatic N) is 2. The minimum absolute atomic E-state index is 0.440. The van der Waals surface area contributed by atoms with Crippen LogP contribution in [0.1, 0.15) is 15.9 Å². The topological polar surface area (TPSA) is 34.9 Å². The number of halogens is 1. The van der Waals surface area contributed by atoms with E-state index in [1.54, 1.807) is 23.0 Å². The van der Waals surface area contributed by atoms with Gasteiger partial charge in [0.05, 0.1) is 22.5 Å². The van der Waals surface area contributed by atoms with Crippen molar-refractivity contribution in [2.75, 3.05) is 0 Å². The van der Waals surface area contributed by atoms with Crippen LogP contribution in [0.15, 0.2) is 30.6 Å². The Morgan fingerprint density at radius 3 is 2.87 bits per heavy atom. The Morgan fingerprint density at radius 1 is 1.47 bits per heavy atom. The van der Waals surface area contributed by atoms with Crippen molar-refractivity contribution < 1.29 is 4.79 Å². The van der Waals surface area contributed by atoms with Crippen molar-refractivity contribution in [1.82, 2.24) is 9.78 Å². The number of aromatic nitrogens is 2. The first-order chi connectivity index (χ1) is 7.22. The first-order valence-electron chi connectivity index (χ1n) is 4.47. The van der Waals surface area contributed by atoms with Crippen LogP contribution in [0.25, 0.3) is 5.69 Å². The van der Waals surface area contributed by atoms with Gasteiger partial charge in [-0.15, -0.1) is 0 Å². The van der Waals surface area contributed by atoms with Crippen LogP contribution in [0.3, 0.4) is 0 Å². The number of carbonyl (C=O) groups is 1. The first kappa shape index (κ1) is 9.93. The molecule has 0 fully saturated rings. The summed E-state index contributed by atoms with van der Waals surface area (Å²) in [7, 11) is 0. The molecule has 0 atom stereocenters. The monoisotopic (exact) mass is 220 g/mol. The average Bonchev–Trinajstić information content (AvgIpc) is 2.64. The van der Waals surface area contributed by atoms with Crippen LogP contribution < -0.4 is 0 Å². The Bertz CT molecular complexity index is 505. The Kier molecular flexibility index (Phi) is 2.56. The molecule has 15 heavy (non-hydrogen) atoms. The predicted octanol–water partition coefficient (Wildman–Crippen LogP) is 2.65. The highest BCUT2D eigenvalue weighted by Gasteiger charge is 2.08. The molecule has 0 saturated heterocycles.